The monoisotopic (exact) mass is 361 g/mol. The maximum absolute atomic E-state index is 6.14. The third-order valence-electron chi connectivity index (χ3n) is 2.40. The minimum Gasteiger partial charge on any atom is -0.383 e. The highest BCUT2D eigenvalue weighted by Crippen LogP contribution is 2.31. The van der Waals surface area contributed by atoms with Crippen molar-refractivity contribution < 1.29 is 4.74 Å². The maximum atomic E-state index is 6.14. The van der Waals surface area contributed by atoms with Crippen LogP contribution in [-0.4, -0.2) is 17.1 Å². The second-order valence-electron chi connectivity index (χ2n) is 3.75. The van der Waals surface area contributed by atoms with Crippen molar-refractivity contribution in [3.05, 3.63) is 38.4 Å². The molecule has 1 heterocycles. The first kappa shape index (κ1) is 14.5. The van der Waals surface area contributed by atoms with Crippen LogP contribution in [0.5, 0.6) is 0 Å². The molecule has 4 nitrogen and oxygen atoms in total. The molecule has 0 atom stereocenters. The number of nitrogens with two attached hydrogens (primary N) is 1. The number of benzene rings is 1. The molecule has 0 radical (unpaired) electrons. The first-order valence-corrected chi connectivity index (χ1v) is 6.84. The van der Waals surface area contributed by atoms with E-state index in [4.69, 9.17) is 33.7 Å². The highest BCUT2D eigenvalue weighted by Gasteiger charge is 2.13. The fourth-order valence-corrected chi connectivity index (χ4v) is 2.32. The normalized spacial score (nSPS) is 10.7. The van der Waals surface area contributed by atoms with E-state index in [9.17, 15) is 0 Å². The van der Waals surface area contributed by atoms with Gasteiger partial charge in [0.15, 0.2) is 5.82 Å². The molecule has 0 spiro atoms. The van der Waals surface area contributed by atoms with Crippen LogP contribution in [0.1, 0.15) is 5.69 Å². The van der Waals surface area contributed by atoms with Gasteiger partial charge in [-0.2, -0.15) is 0 Å². The molecule has 100 valence electrons. The van der Waals surface area contributed by atoms with Gasteiger partial charge in [-0.05, 0) is 34.1 Å². The summed E-state index contributed by atoms with van der Waals surface area (Å²) in [7, 11) is 1.58. The van der Waals surface area contributed by atoms with E-state index >= 15 is 0 Å². The molecular weight excluding hydrogens is 353 g/mol. The minimum atomic E-state index is 0.325. The van der Waals surface area contributed by atoms with Crippen molar-refractivity contribution in [1.29, 1.82) is 0 Å². The summed E-state index contributed by atoms with van der Waals surface area (Å²) in [4.78, 5) is 8.61. The highest BCUT2D eigenvalue weighted by atomic mass is 79.9. The number of nitrogens with zero attached hydrogens (tertiary/aromatic N) is 2. The van der Waals surface area contributed by atoms with Gasteiger partial charge in [0.05, 0.1) is 21.8 Å². The van der Waals surface area contributed by atoms with E-state index < -0.39 is 0 Å². The number of rotatable bonds is 3. The zero-order chi connectivity index (χ0) is 14.0. The average molecular weight is 363 g/mol. The molecule has 0 unspecified atom stereocenters. The third-order valence-corrected chi connectivity index (χ3v) is 3.81. The molecule has 0 amide bonds. The summed E-state index contributed by atoms with van der Waals surface area (Å²) >= 11 is 15.3. The Morgan fingerprint density at radius 3 is 2.68 bits per heavy atom. The molecule has 2 aromatic rings. The van der Waals surface area contributed by atoms with Crippen LogP contribution in [-0.2, 0) is 11.3 Å². The number of hydrogen-bond donors (Lipinski definition) is 1. The Kier molecular flexibility index (Phi) is 4.62. The number of aromatic nitrogens is 2. The Morgan fingerprint density at radius 1 is 1.32 bits per heavy atom. The third kappa shape index (κ3) is 3.17. The van der Waals surface area contributed by atoms with E-state index in [1.807, 2.05) is 0 Å². The fourth-order valence-electron chi connectivity index (χ4n) is 1.54. The zero-order valence-corrected chi connectivity index (χ0v) is 13.1. The lowest BCUT2D eigenvalue weighted by Gasteiger charge is -2.09. The van der Waals surface area contributed by atoms with Gasteiger partial charge in [0.25, 0.3) is 0 Å². The van der Waals surface area contributed by atoms with Gasteiger partial charge in [0.2, 0.25) is 0 Å². The van der Waals surface area contributed by atoms with Crippen LogP contribution in [0, 0.1) is 0 Å². The average Bonchev–Trinajstić information content (AvgIpc) is 2.35. The van der Waals surface area contributed by atoms with Crippen LogP contribution in [0.4, 0.5) is 5.82 Å². The first-order valence-electron chi connectivity index (χ1n) is 5.29. The predicted molar refractivity (Wildman–Crippen MR) is 80.3 cm³/mol. The SMILES string of the molecule is COCc1nc(-c2ccc(Cl)cc2Cl)nc(N)c1Br. The molecule has 2 N–H and O–H groups in total. The molecule has 1 aromatic carbocycles. The Morgan fingerprint density at radius 2 is 2.05 bits per heavy atom. The molecule has 0 bridgehead atoms. The lowest BCUT2D eigenvalue weighted by atomic mass is 10.2. The molecule has 2 rings (SSSR count). The van der Waals surface area contributed by atoms with Gasteiger partial charge in [-0.1, -0.05) is 23.2 Å². The van der Waals surface area contributed by atoms with Crippen LogP contribution in [0.25, 0.3) is 11.4 Å². The molecule has 19 heavy (non-hydrogen) atoms. The lowest BCUT2D eigenvalue weighted by molar-refractivity contribution is 0.181. The van der Waals surface area contributed by atoms with Crippen LogP contribution >= 0.6 is 39.1 Å². The maximum Gasteiger partial charge on any atom is 0.163 e. The minimum absolute atomic E-state index is 0.325. The number of anilines is 1. The van der Waals surface area contributed by atoms with Crippen LogP contribution in [0.15, 0.2) is 22.7 Å². The summed E-state index contributed by atoms with van der Waals surface area (Å²) in [6.07, 6.45) is 0. The second kappa shape index (κ2) is 6.05. The summed E-state index contributed by atoms with van der Waals surface area (Å²) in [6, 6.07) is 5.11. The van der Waals surface area contributed by atoms with Gasteiger partial charge in [-0.15, -0.1) is 0 Å². The highest BCUT2D eigenvalue weighted by molar-refractivity contribution is 9.10. The topological polar surface area (TPSA) is 61.0 Å². The van der Waals surface area contributed by atoms with Crippen molar-refractivity contribution in [2.45, 2.75) is 6.61 Å². The Labute approximate surface area is 129 Å². The molecule has 0 aliphatic heterocycles. The van der Waals surface area contributed by atoms with Gasteiger partial charge >= 0.3 is 0 Å². The molecular formula is C12H10BrCl2N3O. The van der Waals surface area contributed by atoms with Gasteiger partial charge in [-0.3, -0.25) is 0 Å². The van der Waals surface area contributed by atoms with E-state index in [0.717, 1.165) is 0 Å². The quantitative estimate of drug-likeness (QED) is 0.898. The summed E-state index contributed by atoms with van der Waals surface area (Å²) in [6.45, 7) is 0.325. The van der Waals surface area contributed by atoms with Crippen molar-refractivity contribution in [1.82, 2.24) is 9.97 Å². The first-order chi connectivity index (χ1) is 9.02. The molecule has 0 fully saturated rings. The summed E-state index contributed by atoms with van der Waals surface area (Å²) in [5.41, 5.74) is 7.18. The summed E-state index contributed by atoms with van der Waals surface area (Å²) in [5, 5.41) is 1.02. The van der Waals surface area contributed by atoms with Crippen LogP contribution in [0.3, 0.4) is 0 Å². The molecule has 1 aromatic heterocycles. The number of hydrogen-bond acceptors (Lipinski definition) is 4. The Balaban J connectivity index is 2.56. The molecule has 0 aliphatic rings. The number of nitrogen functional groups attached to an aromatic ring is 1. The number of methoxy groups -OCH3 is 1. The van der Waals surface area contributed by atoms with Crippen LogP contribution < -0.4 is 5.73 Å². The lowest BCUT2D eigenvalue weighted by Crippen LogP contribution is -2.04. The molecule has 0 saturated heterocycles. The van der Waals surface area contributed by atoms with E-state index in [0.29, 0.717) is 44.0 Å². The number of halogens is 3. The second-order valence-corrected chi connectivity index (χ2v) is 5.39. The Hall–Kier alpha value is -0.880. The summed E-state index contributed by atoms with van der Waals surface area (Å²) in [5.74, 6) is 0.775. The van der Waals surface area contributed by atoms with Crippen molar-refractivity contribution in [2.24, 2.45) is 0 Å². The van der Waals surface area contributed by atoms with Crippen molar-refractivity contribution >= 4 is 44.9 Å². The smallest absolute Gasteiger partial charge is 0.163 e. The number of ether oxygens (including phenoxy) is 1. The van der Waals surface area contributed by atoms with Crippen molar-refractivity contribution in [2.75, 3.05) is 12.8 Å². The van der Waals surface area contributed by atoms with E-state index in [1.54, 1.807) is 25.3 Å². The molecule has 0 aliphatic carbocycles. The molecule has 0 saturated carbocycles. The largest absolute Gasteiger partial charge is 0.383 e. The summed E-state index contributed by atoms with van der Waals surface area (Å²) < 4.78 is 5.70. The Bertz CT molecular complexity index is 622. The standard InChI is InChI=1S/C12H10BrCl2N3O/c1-19-5-9-10(13)11(16)18-12(17-9)7-3-2-6(14)4-8(7)15/h2-4H,5H2,1H3,(H2,16,17,18). The van der Waals surface area contributed by atoms with Gasteiger partial charge in [-0.25, -0.2) is 9.97 Å². The van der Waals surface area contributed by atoms with Gasteiger partial charge in [0, 0.05) is 17.7 Å². The van der Waals surface area contributed by atoms with Gasteiger partial charge < -0.3 is 10.5 Å². The van der Waals surface area contributed by atoms with Crippen molar-refractivity contribution in [3.63, 3.8) is 0 Å². The van der Waals surface area contributed by atoms with Gasteiger partial charge in [0.1, 0.15) is 5.82 Å². The van der Waals surface area contributed by atoms with E-state index in [-0.39, 0.29) is 0 Å². The zero-order valence-electron chi connectivity index (χ0n) is 9.95. The van der Waals surface area contributed by atoms with E-state index in [2.05, 4.69) is 25.9 Å². The molecule has 7 heteroatoms. The van der Waals surface area contributed by atoms with Crippen LogP contribution in [0.2, 0.25) is 10.0 Å². The van der Waals surface area contributed by atoms with E-state index in [1.165, 1.54) is 0 Å². The fraction of sp³-hybridized carbons (Fsp3) is 0.167. The van der Waals surface area contributed by atoms with Crippen molar-refractivity contribution in [3.8, 4) is 11.4 Å². The predicted octanol–water partition coefficient (Wildman–Crippen LogP) is 3.94.